The molecular formula is C22H30O3. The topological polar surface area (TPSA) is 35.5 Å². The van der Waals surface area contributed by atoms with Crippen molar-refractivity contribution < 1.29 is 14.3 Å². The highest BCUT2D eigenvalue weighted by atomic mass is 16.5. The molecule has 0 aromatic carbocycles. The zero-order valence-electron chi connectivity index (χ0n) is 16.1. The summed E-state index contributed by atoms with van der Waals surface area (Å²) in [6.07, 6.45) is 12.0. The molecule has 0 radical (unpaired) electrons. The van der Waals surface area contributed by atoms with Crippen LogP contribution in [0.2, 0.25) is 0 Å². The van der Waals surface area contributed by atoms with Crippen LogP contribution in [0.15, 0.2) is 35.3 Å². The third-order valence-corrected chi connectivity index (χ3v) is 7.56. The highest BCUT2D eigenvalue weighted by Gasteiger charge is 2.60. The van der Waals surface area contributed by atoms with Gasteiger partial charge in [-0.05, 0) is 55.4 Å². The van der Waals surface area contributed by atoms with Gasteiger partial charge in [-0.15, -0.1) is 0 Å². The first-order valence-corrected chi connectivity index (χ1v) is 9.63. The van der Waals surface area contributed by atoms with E-state index in [4.69, 9.17) is 9.47 Å². The van der Waals surface area contributed by atoms with Gasteiger partial charge in [0.2, 0.25) is 5.78 Å². The number of allylic oxidation sites excluding steroid dienone is 2. The van der Waals surface area contributed by atoms with E-state index in [0.29, 0.717) is 23.0 Å². The molecule has 3 aliphatic carbocycles. The van der Waals surface area contributed by atoms with E-state index in [2.05, 4.69) is 33.8 Å². The minimum absolute atomic E-state index is 0.101. The molecule has 0 aromatic heterocycles. The minimum atomic E-state index is -0.216. The summed E-state index contributed by atoms with van der Waals surface area (Å²) in [6.45, 7) is 9.61. The monoisotopic (exact) mass is 342 g/mol. The lowest BCUT2D eigenvalue weighted by molar-refractivity contribution is -0.162. The van der Waals surface area contributed by atoms with E-state index in [9.17, 15) is 4.79 Å². The maximum absolute atomic E-state index is 12.1. The Labute approximate surface area is 151 Å². The van der Waals surface area contributed by atoms with E-state index in [-0.39, 0.29) is 16.8 Å². The number of carbonyl (C=O) groups is 1. The Balaban J connectivity index is 1.80. The van der Waals surface area contributed by atoms with Crippen LogP contribution in [0.4, 0.5) is 0 Å². The fourth-order valence-corrected chi connectivity index (χ4v) is 6.39. The molecule has 0 saturated heterocycles. The summed E-state index contributed by atoms with van der Waals surface area (Å²) in [5, 5.41) is 0. The Morgan fingerprint density at radius 3 is 2.60 bits per heavy atom. The number of hydrogen-bond acceptors (Lipinski definition) is 3. The Kier molecular flexibility index (Phi) is 3.55. The first-order valence-electron chi connectivity index (χ1n) is 9.63. The molecule has 4 atom stereocenters. The molecule has 0 N–H and O–H groups in total. The summed E-state index contributed by atoms with van der Waals surface area (Å²) in [6, 6.07) is 0. The van der Waals surface area contributed by atoms with Crippen LogP contribution in [0.5, 0.6) is 0 Å². The van der Waals surface area contributed by atoms with Gasteiger partial charge in [0.05, 0.1) is 7.11 Å². The number of rotatable bonds is 1. The van der Waals surface area contributed by atoms with Crippen LogP contribution in [0.25, 0.3) is 0 Å². The summed E-state index contributed by atoms with van der Waals surface area (Å²) in [5.74, 6) is 2.11. The van der Waals surface area contributed by atoms with Crippen molar-refractivity contribution >= 4 is 5.78 Å². The van der Waals surface area contributed by atoms with Gasteiger partial charge in [0.1, 0.15) is 11.4 Å². The zero-order chi connectivity index (χ0) is 18.0. The lowest BCUT2D eigenvalue weighted by atomic mass is 9.45. The molecule has 25 heavy (non-hydrogen) atoms. The molecule has 0 amide bonds. The Morgan fingerprint density at radius 2 is 1.88 bits per heavy atom. The van der Waals surface area contributed by atoms with Gasteiger partial charge in [-0.2, -0.15) is 0 Å². The molecule has 136 valence electrons. The van der Waals surface area contributed by atoms with Crippen LogP contribution in [-0.2, 0) is 14.3 Å². The van der Waals surface area contributed by atoms with Crippen LogP contribution >= 0.6 is 0 Å². The van der Waals surface area contributed by atoms with Crippen molar-refractivity contribution in [2.75, 3.05) is 7.11 Å². The molecule has 2 saturated carbocycles. The van der Waals surface area contributed by atoms with Crippen molar-refractivity contribution in [2.45, 2.75) is 65.4 Å². The molecule has 1 aliphatic heterocycles. The first kappa shape index (κ1) is 16.9. The van der Waals surface area contributed by atoms with Gasteiger partial charge in [-0.3, -0.25) is 4.79 Å². The van der Waals surface area contributed by atoms with Crippen LogP contribution in [0, 0.1) is 22.7 Å². The van der Waals surface area contributed by atoms with Crippen molar-refractivity contribution in [3.8, 4) is 0 Å². The Bertz CT molecular complexity index is 711. The fourth-order valence-electron chi connectivity index (χ4n) is 6.39. The van der Waals surface area contributed by atoms with E-state index in [0.717, 1.165) is 17.8 Å². The second-order valence-electron chi connectivity index (χ2n) is 9.54. The maximum atomic E-state index is 12.1. The van der Waals surface area contributed by atoms with E-state index in [1.165, 1.54) is 25.7 Å². The van der Waals surface area contributed by atoms with Gasteiger partial charge >= 0.3 is 0 Å². The largest absolute Gasteiger partial charge is 0.493 e. The molecule has 3 unspecified atom stereocenters. The zero-order valence-corrected chi connectivity index (χ0v) is 16.1. The molecule has 3 nitrogen and oxygen atoms in total. The van der Waals surface area contributed by atoms with Gasteiger partial charge in [-0.1, -0.05) is 33.3 Å². The van der Waals surface area contributed by atoms with E-state index < -0.39 is 0 Å². The second-order valence-corrected chi connectivity index (χ2v) is 9.54. The SMILES string of the molecule is COC1=CC2=CC3C(C)(CCC4C(C)(C)CCC[C@@]43C)OC2=CC1=O. The number of carbonyl (C=O) groups excluding carboxylic acids is 1. The standard InChI is InChI=1S/C22H30O3/c1-20(2)8-6-9-21(3)18(20)7-10-22(4)19(21)12-14-11-17(24-5)15(23)13-16(14)25-22/h11-13,18-19H,6-10H2,1-5H3/t18?,19?,21-,22?/m0/s1. The number of hydrogen-bond donors (Lipinski definition) is 0. The Morgan fingerprint density at radius 1 is 1.12 bits per heavy atom. The van der Waals surface area contributed by atoms with Gasteiger partial charge in [0.25, 0.3) is 0 Å². The van der Waals surface area contributed by atoms with Crippen molar-refractivity contribution in [3.63, 3.8) is 0 Å². The van der Waals surface area contributed by atoms with Crippen LogP contribution in [0.1, 0.15) is 59.8 Å². The Hall–Kier alpha value is -1.51. The summed E-state index contributed by atoms with van der Waals surface area (Å²) >= 11 is 0. The summed E-state index contributed by atoms with van der Waals surface area (Å²) < 4.78 is 11.7. The molecule has 2 fully saturated rings. The molecule has 0 aromatic rings. The third kappa shape index (κ3) is 2.34. The molecule has 0 bridgehead atoms. The number of ether oxygens (including phenoxy) is 2. The molecule has 4 rings (SSSR count). The van der Waals surface area contributed by atoms with Crippen molar-refractivity contribution in [2.24, 2.45) is 22.7 Å². The maximum Gasteiger partial charge on any atom is 0.224 e. The quantitative estimate of drug-likeness (QED) is 0.677. The van der Waals surface area contributed by atoms with Gasteiger partial charge in [0.15, 0.2) is 5.76 Å². The van der Waals surface area contributed by atoms with E-state index >= 15 is 0 Å². The highest BCUT2D eigenvalue weighted by molar-refractivity contribution is 6.05. The average molecular weight is 342 g/mol. The number of ketones is 1. The predicted molar refractivity (Wildman–Crippen MR) is 97.7 cm³/mol. The summed E-state index contributed by atoms with van der Waals surface area (Å²) in [7, 11) is 1.55. The third-order valence-electron chi connectivity index (χ3n) is 7.56. The van der Waals surface area contributed by atoms with Crippen molar-refractivity contribution in [3.05, 3.63) is 35.3 Å². The second kappa shape index (κ2) is 5.25. The lowest BCUT2D eigenvalue weighted by Crippen LogP contribution is -2.58. The lowest BCUT2D eigenvalue weighted by Gasteiger charge is -2.62. The van der Waals surface area contributed by atoms with Crippen LogP contribution < -0.4 is 0 Å². The van der Waals surface area contributed by atoms with Gasteiger partial charge < -0.3 is 9.47 Å². The smallest absolute Gasteiger partial charge is 0.224 e. The molecule has 3 heteroatoms. The fraction of sp³-hybridized carbons (Fsp3) is 0.682. The predicted octanol–water partition coefficient (Wildman–Crippen LogP) is 4.94. The van der Waals surface area contributed by atoms with Crippen LogP contribution in [0.3, 0.4) is 0 Å². The highest BCUT2D eigenvalue weighted by Crippen LogP contribution is 2.64. The summed E-state index contributed by atoms with van der Waals surface area (Å²) in [4.78, 5) is 12.1. The molecule has 1 heterocycles. The normalized spacial score (nSPS) is 42.0. The van der Waals surface area contributed by atoms with Crippen LogP contribution in [-0.4, -0.2) is 18.5 Å². The molecule has 4 aliphatic rings. The first-order chi connectivity index (χ1) is 11.7. The van der Waals surface area contributed by atoms with Gasteiger partial charge in [-0.25, -0.2) is 0 Å². The van der Waals surface area contributed by atoms with Gasteiger partial charge in [0, 0.05) is 17.6 Å². The number of fused-ring (bicyclic) bond motifs is 4. The number of methoxy groups -OCH3 is 1. The van der Waals surface area contributed by atoms with Crippen molar-refractivity contribution in [1.82, 2.24) is 0 Å². The minimum Gasteiger partial charge on any atom is -0.493 e. The molecule has 0 spiro atoms. The van der Waals surface area contributed by atoms with E-state index in [1.54, 1.807) is 13.2 Å². The van der Waals surface area contributed by atoms with Crippen molar-refractivity contribution in [1.29, 1.82) is 0 Å². The summed E-state index contributed by atoms with van der Waals surface area (Å²) in [5.41, 5.74) is 1.44. The average Bonchev–Trinajstić information content (AvgIpc) is 2.52. The van der Waals surface area contributed by atoms with E-state index in [1.807, 2.05) is 6.08 Å². The molecular weight excluding hydrogens is 312 g/mol.